The van der Waals surface area contributed by atoms with E-state index in [1.165, 1.54) is 0 Å². The van der Waals surface area contributed by atoms with Gasteiger partial charge in [0.25, 0.3) is 0 Å². The average Bonchev–Trinajstić information content (AvgIpc) is 2.22. The number of rotatable bonds is 0. The maximum Gasteiger partial charge on any atom is -0.0167 e. The molecule has 0 aromatic heterocycles. The zero-order valence-corrected chi connectivity index (χ0v) is 8.73. The van der Waals surface area contributed by atoms with Crippen molar-refractivity contribution < 1.29 is 0 Å². The second-order valence-electron chi connectivity index (χ2n) is 3.36. The molecule has 0 heterocycles. The fourth-order valence-corrected chi connectivity index (χ4v) is 1.30. The zero-order valence-electron chi connectivity index (χ0n) is 8.73. The molecule has 0 amide bonds. The SMILES string of the molecule is [CH]1/C=C/C/C=C/C/C=C/C/C=C\CC1. The van der Waals surface area contributed by atoms with E-state index in [0.29, 0.717) is 0 Å². The van der Waals surface area contributed by atoms with Crippen LogP contribution in [0.25, 0.3) is 0 Å². The lowest BCUT2D eigenvalue weighted by atomic mass is 10.2. The molecule has 1 aliphatic rings. The van der Waals surface area contributed by atoms with Crippen molar-refractivity contribution in [3.8, 4) is 0 Å². The highest BCUT2D eigenvalue weighted by molar-refractivity contribution is 5.03. The van der Waals surface area contributed by atoms with E-state index in [9.17, 15) is 0 Å². The normalized spacial score (nSPS) is 28.6. The molecule has 1 aliphatic carbocycles. The third-order valence-corrected chi connectivity index (χ3v) is 2.09. The highest BCUT2D eigenvalue weighted by Crippen LogP contribution is 2.01. The van der Waals surface area contributed by atoms with E-state index >= 15 is 0 Å². The average molecular weight is 187 g/mol. The van der Waals surface area contributed by atoms with E-state index in [-0.39, 0.29) is 0 Å². The molecule has 0 spiro atoms. The molecule has 1 radical (unpaired) electrons. The summed E-state index contributed by atoms with van der Waals surface area (Å²) < 4.78 is 0. The number of allylic oxidation sites excluding steroid dienone is 8. The first-order valence-corrected chi connectivity index (χ1v) is 5.43. The van der Waals surface area contributed by atoms with Gasteiger partial charge >= 0.3 is 0 Å². The summed E-state index contributed by atoms with van der Waals surface area (Å²) in [5.41, 5.74) is 0. The van der Waals surface area contributed by atoms with Gasteiger partial charge in [-0.15, -0.1) is 0 Å². The third kappa shape index (κ3) is 6.47. The second-order valence-corrected chi connectivity index (χ2v) is 3.36. The molecule has 0 atom stereocenters. The monoisotopic (exact) mass is 187 g/mol. The predicted octanol–water partition coefficient (Wildman–Crippen LogP) is 4.38. The van der Waals surface area contributed by atoms with E-state index in [1.807, 2.05) is 0 Å². The minimum Gasteiger partial charge on any atom is -0.0882 e. The smallest absolute Gasteiger partial charge is 0.0167 e. The molecule has 0 saturated carbocycles. The lowest BCUT2D eigenvalue weighted by Gasteiger charge is -1.91. The summed E-state index contributed by atoms with van der Waals surface area (Å²) in [7, 11) is 0. The fourth-order valence-electron chi connectivity index (χ4n) is 1.30. The molecule has 0 heteroatoms. The maximum absolute atomic E-state index is 2.26. The Balaban J connectivity index is 2.34. The van der Waals surface area contributed by atoms with E-state index in [1.54, 1.807) is 0 Å². The molecule has 0 N–H and O–H groups in total. The van der Waals surface area contributed by atoms with Crippen LogP contribution in [0.15, 0.2) is 48.6 Å². The summed E-state index contributed by atoms with van der Waals surface area (Å²) >= 11 is 0. The Kier molecular flexibility index (Phi) is 6.74. The van der Waals surface area contributed by atoms with Gasteiger partial charge < -0.3 is 0 Å². The quantitative estimate of drug-likeness (QED) is 0.494. The van der Waals surface area contributed by atoms with E-state index in [2.05, 4.69) is 55.0 Å². The van der Waals surface area contributed by atoms with Gasteiger partial charge in [-0.05, 0) is 38.5 Å². The molecule has 14 heavy (non-hydrogen) atoms. The Morgan fingerprint density at radius 1 is 0.500 bits per heavy atom. The third-order valence-electron chi connectivity index (χ3n) is 2.09. The topological polar surface area (TPSA) is 0 Å². The highest BCUT2D eigenvalue weighted by atomic mass is 13.9. The summed E-state index contributed by atoms with van der Waals surface area (Å²) in [4.78, 5) is 0. The maximum atomic E-state index is 2.26. The molecule has 1 rings (SSSR count). The van der Waals surface area contributed by atoms with Gasteiger partial charge in [0.2, 0.25) is 0 Å². The number of hydrogen-bond acceptors (Lipinski definition) is 0. The van der Waals surface area contributed by atoms with Gasteiger partial charge in [0.15, 0.2) is 0 Å². The van der Waals surface area contributed by atoms with Crippen LogP contribution in [0.4, 0.5) is 0 Å². The van der Waals surface area contributed by atoms with Crippen molar-refractivity contribution >= 4 is 0 Å². The molecule has 0 aliphatic heterocycles. The number of hydrogen-bond donors (Lipinski definition) is 0. The van der Waals surface area contributed by atoms with Gasteiger partial charge in [0.1, 0.15) is 0 Å². The zero-order chi connectivity index (χ0) is 9.90. The second kappa shape index (κ2) is 8.55. The van der Waals surface area contributed by atoms with Crippen molar-refractivity contribution in [3.63, 3.8) is 0 Å². The summed E-state index contributed by atoms with van der Waals surface area (Å²) in [5, 5.41) is 0. The highest BCUT2D eigenvalue weighted by Gasteiger charge is 1.81. The Hall–Kier alpha value is -1.04. The molecule has 0 unspecified atom stereocenters. The van der Waals surface area contributed by atoms with Crippen LogP contribution in [-0.4, -0.2) is 0 Å². The lowest BCUT2D eigenvalue weighted by molar-refractivity contribution is 0.996. The van der Waals surface area contributed by atoms with E-state index in [4.69, 9.17) is 0 Å². The van der Waals surface area contributed by atoms with Crippen molar-refractivity contribution in [1.82, 2.24) is 0 Å². The van der Waals surface area contributed by atoms with Gasteiger partial charge in [-0.2, -0.15) is 0 Å². The standard InChI is InChI=1S/C14H19/c1-2-4-6-8-10-12-14-13-11-9-7-5-3-1/h1-3,6,8-9,11-12,14H,4-5,7,10,13H2/b2-1+,8-6+,11-9-,14-12+. The minimum absolute atomic E-state index is 1.06. The summed E-state index contributed by atoms with van der Waals surface area (Å²) in [6.07, 6.45) is 25.5. The first kappa shape index (κ1) is 11.0. The van der Waals surface area contributed by atoms with Crippen LogP contribution in [-0.2, 0) is 0 Å². The Morgan fingerprint density at radius 3 is 1.79 bits per heavy atom. The van der Waals surface area contributed by atoms with Crippen LogP contribution < -0.4 is 0 Å². The molecule has 0 aromatic carbocycles. The van der Waals surface area contributed by atoms with Gasteiger partial charge in [0, 0.05) is 0 Å². The Labute approximate surface area is 87.7 Å². The summed E-state index contributed by atoms with van der Waals surface area (Å²) in [5.74, 6) is 0. The molecule has 0 aromatic rings. The lowest BCUT2D eigenvalue weighted by Crippen LogP contribution is -1.71. The Morgan fingerprint density at radius 2 is 1.07 bits per heavy atom. The van der Waals surface area contributed by atoms with Gasteiger partial charge in [-0.3, -0.25) is 0 Å². The van der Waals surface area contributed by atoms with Crippen LogP contribution in [0.1, 0.15) is 32.1 Å². The Bertz CT molecular complexity index is 204. The minimum atomic E-state index is 1.06. The largest absolute Gasteiger partial charge is 0.0882 e. The van der Waals surface area contributed by atoms with Crippen LogP contribution in [0, 0.1) is 6.42 Å². The van der Waals surface area contributed by atoms with Gasteiger partial charge in [-0.1, -0.05) is 48.6 Å². The van der Waals surface area contributed by atoms with Crippen LogP contribution in [0.5, 0.6) is 0 Å². The first-order valence-electron chi connectivity index (χ1n) is 5.43. The van der Waals surface area contributed by atoms with Crippen LogP contribution in [0.2, 0.25) is 0 Å². The fraction of sp³-hybridized carbons (Fsp3) is 0.357. The molecular formula is C14H19. The van der Waals surface area contributed by atoms with Crippen LogP contribution >= 0.6 is 0 Å². The molecule has 0 nitrogen and oxygen atoms in total. The van der Waals surface area contributed by atoms with Crippen molar-refractivity contribution in [2.24, 2.45) is 0 Å². The van der Waals surface area contributed by atoms with Crippen molar-refractivity contribution in [2.75, 3.05) is 0 Å². The van der Waals surface area contributed by atoms with E-state index in [0.717, 1.165) is 32.1 Å². The van der Waals surface area contributed by atoms with E-state index < -0.39 is 0 Å². The van der Waals surface area contributed by atoms with Crippen molar-refractivity contribution in [1.29, 1.82) is 0 Å². The molecule has 0 fully saturated rings. The first-order chi connectivity index (χ1) is 7.00. The summed E-state index contributed by atoms with van der Waals surface area (Å²) in [6, 6.07) is 0. The summed E-state index contributed by atoms with van der Waals surface area (Å²) in [6.45, 7) is 0. The van der Waals surface area contributed by atoms with Gasteiger partial charge in [-0.25, -0.2) is 0 Å². The van der Waals surface area contributed by atoms with Gasteiger partial charge in [0.05, 0.1) is 0 Å². The predicted molar refractivity (Wildman–Crippen MR) is 63.9 cm³/mol. The molecular weight excluding hydrogens is 168 g/mol. The molecule has 0 bridgehead atoms. The van der Waals surface area contributed by atoms with Crippen molar-refractivity contribution in [2.45, 2.75) is 32.1 Å². The molecule has 75 valence electrons. The van der Waals surface area contributed by atoms with Crippen LogP contribution in [0.3, 0.4) is 0 Å². The van der Waals surface area contributed by atoms with Crippen molar-refractivity contribution in [3.05, 3.63) is 55.0 Å². The molecule has 0 saturated heterocycles.